The predicted octanol–water partition coefficient (Wildman–Crippen LogP) is 2.57. The SMILES string of the molecule is CNCC12CC(C3CCCC3)(C1)C2. The van der Waals surface area contributed by atoms with Crippen molar-refractivity contribution in [3.8, 4) is 0 Å². The van der Waals surface area contributed by atoms with Crippen LogP contribution in [-0.4, -0.2) is 13.6 Å². The highest BCUT2D eigenvalue weighted by atomic mass is 14.9. The fourth-order valence-corrected chi connectivity index (χ4v) is 4.62. The van der Waals surface area contributed by atoms with Gasteiger partial charge in [0.05, 0.1) is 0 Å². The molecule has 0 amide bonds. The molecule has 0 spiro atoms. The molecule has 0 aromatic heterocycles. The van der Waals surface area contributed by atoms with Crippen molar-refractivity contribution in [2.45, 2.75) is 44.9 Å². The molecule has 13 heavy (non-hydrogen) atoms. The maximum Gasteiger partial charge on any atom is 0.000543 e. The molecule has 0 atom stereocenters. The molecule has 0 heterocycles. The number of hydrogen-bond acceptors (Lipinski definition) is 1. The van der Waals surface area contributed by atoms with Gasteiger partial charge in [-0.05, 0) is 55.9 Å². The first kappa shape index (κ1) is 8.28. The Labute approximate surface area is 81.3 Å². The van der Waals surface area contributed by atoms with Gasteiger partial charge in [0, 0.05) is 6.54 Å². The van der Waals surface area contributed by atoms with Gasteiger partial charge in [0.1, 0.15) is 0 Å². The van der Waals surface area contributed by atoms with Crippen molar-refractivity contribution in [3.05, 3.63) is 0 Å². The first-order valence-corrected chi connectivity index (χ1v) is 5.93. The number of hydrogen-bond donors (Lipinski definition) is 1. The van der Waals surface area contributed by atoms with Crippen LogP contribution in [0.4, 0.5) is 0 Å². The summed E-state index contributed by atoms with van der Waals surface area (Å²) in [4.78, 5) is 0. The van der Waals surface area contributed by atoms with Crippen LogP contribution < -0.4 is 5.32 Å². The maximum atomic E-state index is 3.36. The zero-order chi connectivity index (χ0) is 8.94. The van der Waals surface area contributed by atoms with Gasteiger partial charge in [0.15, 0.2) is 0 Å². The lowest BCUT2D eigenvalue weighted by Gasteiger charge is -2.73. The van der Waals surface area contributed by atoms with Crippen molar-refractivity contribution in [3.63, 3.8) is 0 Å². The van der Waals surface area contributed by atoms with E-state index in [0.717, 1.165) is 16.7 Å². The molecule has 4 saturated carbocycles. The van der Waals surface area contributed by atoms with E-state index in [1.54, 1.807) is 32.1 Å². The van der Waals surface area contributed by atoms with E-state index >= 15 is 0 Å². The first-order valence-electron chi connectivity index (χ1n) is 5.93. The molecular formula is C12H21N. The monoisotopic (exact) mass is 179 g/mol. The van der Waals surface area contributed by atoms with Crippen molar-refractivity contribution in [1.29, 1.82) is 0 Å². The van der Waals surface area contributed by atoms with Crippen LogP contribution in [0.3, 0.4) is 0 Å². The molecule has 2 bridgehead atoms. The van der Waals surface area contributed by atoms with Gasteiger partial charge < -0.3 is 5.32 Å². The second-order valence-electron chi connectivity index (χ2n) is 5.90. The highest BCUT2D eigenvalue weighted by Gasteiger charge is 2.69. The second-order valence-corrected chi connectivity index (χ2v) is 5.90. The molecule has 1 N–H and O–H groups in total. The summed E-state index contributed by atoms with van der Waals surface area (Å²) in [6.07, 6.45) is 10.8. The molecule has 0 aromatic rings. The lowest BCUT2D eigenvalue weighted by atomic mass is 9.32. The minimum atomic E-state index is 0.775. The molecule has 4 rings (SSSR count). The third kappa shape index (κ3) is 0.971. The minimum Gasteiger partial charge on any atom is -0.319 e. The maximum absolute atomic E-state index is 3.36. The van der Waals surface area contributed by atoms with Crippen LogP contribution in [0.25, 0.3) is 0 Å². The van der Waals surface area contributed by atoms with Crippen LogP contribution in [0.15, 0.2) is 0 Å². The third-order valence-corrected chi connectivity index (χ3v) is 4.95. The zero-order valence-corrected chi connectivity index (χ0v) is 8.73. The quantitative estimate of drug-likeness (QED) is 0.702. The van der Waals surface area contributed by atoms with E-state index in [9.17, 15) is 0 Å². The van der Waals surface area contributed by atoms with Gasteiger partial charge >= 0.3 is 0 Å². The van der Waals surface area contributed by atoms with Crippen LogP contribution in [0.1, 0.15) is 44.9 Å². The Morgan fingerprint density at radius 2 is 1.77 bits per heavy atom. The Morgan fingerprint density at radius 1 is 1.15 bits per heavy atom. The van der Waals surface area contributed by atoms with Gasteiger partial charge in [-0.1, -0.05) is 12.8 Å². The zero-order valence-electron chi connectivity index (χ0n) is 8.73. The molecule has 4 aliphatic rings. The number of rotatable bonds is 3. The molecule has 1 nitrogen and oxygen atoms in total. The summed E-state index contributed by atoms with van der Waals surface area (Å²) >= 11 is 0. The highest BCUT2D eigenvalue weighted by molar-refractivity contribution is 5.19. The average molecular weight is 179 g/mol. The standard InChI is InChI=1S/C12H21N/c1-13-9-11-6-12(7-11,8-11)10-4-2-3-5-10/h10,13H,2-9H2,1H3. The van der Waals surface area contributed by atoms with E-state index in [2.05, 4.69) is 12.4 Å². The summed E-state index contributed by atoms with van der Waals surface area (Å²) in [5.74, 6) is 1.13. The predicted molar refractivity (Wildman–Crippen MR) is 54.6 cm³/mol. The Morgan fingerprint density at radius 3 is 2.31 bits per heavy atom. The first-order chi connectivity index (χ1) is 6.29. The van der Waals surface area contributed by atoms with Gasteiger partial charge in [-0.15, -0.1) is 0 Å². The van der Waals surface area contributed by atoms with E-state index in [4.69, 9.17) is 0 Å². The molecule has 0 saturated heterocycles. The second kappa shape index (κ2) is 2.50. The van der Waals surface area contributed by atoms with Gasteiger partial charge in [0.2, 0.25) is 0 Å². The lowest BCUT2D eigenvalue weighted by molar-refractivity contribution is -0.230. The van der Waals surface area contributed by atoms with Crippen LogP contribution in [0.2, 0.25) is 0 Å². The Balaban J connectivity index is 1.60. The molecule has 0 aliphatic heterocycles. The van der Waals surface area contributed by atoms with E-state index in [-0.39, 0.29) is 0 Å². The van der Waals surface area contributed by atoms with E-state index in [1.807, 2.05) is 0 Å². The van der Waals surface area contributed by atoms with Gasteiger partial charge in [-0.2, -0.15) is 0 Å². The Bertz CT molecular complexity index is 195. The van der Waals surface area contributed by atoms with Crippen LogP contribution in [-0.2, 0) is 0 Å². The summed E-state index contributed by atoms with van der Waals surface area (Å²) < 4.78 is 0. The number of nitrogens with one attached hydrogen (secondary N) is 1. The van der Waals surface area contributed by atoms with Crippen LogP contribution in [0.5, 0.6) is 0 Å². The lowest BCUT2D eigenvalue weighted by Crippen LogP contribution is -2.67. The molecule has 1 heteroatoms. The Hall–Kier alpha value is -0.0400. The molecule has 0 unspecified atom stereocenters. The van der Waals surface area contributed by atoms with Crippen molar-refractivity contribution >= 4 is 0 Å². The topological polar surface area (TPSA) is 12.0 Å². The smallest absolute Gasteiger partial charge is 0.000543 e. The summed E-state index contributed by atoms with van der Waals surface area (Å²) in [5.41, 5.74) is 1.64. The van der Waals surface area contributed by atoms with Crippen molar-refractivity contribution < 1.29 is 0 Å². The van der Waals surface area contributed by atoms with Crippen LogP contribution in [0, 0.1) is 16.7 Å². The summed E-state index contributed by atoms with van der Waals surface area (Å²) in [6, 6.07) is 0. The summed E-state index contributed by atoms with van der Waals surface area (Å²) in [6.45, 7) is 1.28. The minimum absolute atomic E-state index is 0.775. The molecule has 74 valence electrons. The molecule has 0 radical (unpaired) electrons. The fourth-order valence-electron chi connectivity index (χ4n) is 4.62. The Kier molecular flexibility index (Phi) is 1.59. The third-order valence-electron chi connectivity index (χ3n) is 4.95. The average Bonchev–Trinajstić information content (AvgIpc) is 2.45. The summed E-state index contributed by atoms with van der Waals surface area (Å²) in [5, 5.41) is 3.36. The van der Waals surface area contributed by atoms with E-state index in [0.29, 0.717) is 0 Å². The largest absolute Gasteiger partial charge is 0.319 e. The highest BCUT2D eigenvalue weighted by Crippen LogP contribution is 2.77. The summed E-state index contributed by atoms with van der Waals surface area (Å²) in [7, 11) is 2.10. The van der Waals surface area contributed by atoms with Crippen molar-refractivity contribution in [2.75, 3.05) is 13.6 Å². The van der Waals surface area contributed by atoms with E-state index < -0.39 is 0 Å². The molecule has 4 fully saturated rings. The van der Waals surface area contributed by atoms with Gasteiger partial charge in [-0.3, -0.25) is 0 Å². The van der Waals surface area contributed by atoms with Crippen molar-refractivity contribution in [1.82, 2.24) is 5.32 Å². The molecule has 0 aromatic carbocycles. The fraction of sp³-hybridized carbons (Fsp3) is 1.00. The van der Waals surface area contributed by atoms with Gasteiger partial charge in [-0.25, -0.2) is 0 Å². The normalized spacial score (nSPS) is 48.7. The van der Waals surface area contributed by atoms with Gasteiger partial charge in [0.25, 0.3) is 0 Å². The van der Waals surface area contributed by atoms with Crippen molar-refractivity contribution in [2.24, 2.45) is 16.7 Å². The molecular weight excluding hydrogens is 158 g/mol. The van der Waals surface area contributed by atoms with Crippen LogP contribution >= 0.6 is 0 Å². The molecule has 4 aliphatic carbocycles. The van der Waals surface area contributed by atoms with E-state index in [1.165, 1.54) is 19.4 Å².